The number of benzene rings is 3. The van der Waals surface area contributed by atoms with Crippen molar-refractivity contribution in [2.24, 2.45) is 4.99 Å². The van der Waals surface area contributed by atoms with Crippen LogP contribution in [0.25, 0.3) is 0 Å². The zero-order chi connectivity index (χ0) is 27.0. The molecule has 0 aliphatic carbocycles. The zero-order valence-electron chi connectivity index (χ0n) is 20.7. The van der Waals surface area contributed by atoms with Crippen LogP contribution >= 0.6 is 0 Å². The van der Waals surface area contributed by atoms with E-state index in [2.05, 4.69) is 17.4 Å². The fourth-order valence-corrected chi connectivity index (χ4v) is 4.21. The van der Waals surface area contributed by atoms with Crippen LogP contribution in [-0.4, -0.2) is 35.7 Å². The third-order valence-electron chi connectivity index (χ3n) is 6.00. The molecule has 4 rings (SSSR count). The van der Waals surface area contributed by atoms with Crippen molar-refractivity contribution in [1.82, 2.24) is 10.9 Å². The van der Waals surface area contributed by atoms with Gasteiger partial charge in [0.25, 0.3) is 5.91 Å². The van der Waals surface area contributed by atoms with E-state index < -0.39 is 29.2 Å². The van der Waals surface area contributed by atoms with Gasteiger partial charge in [0.1, 0.15) is 17.4 Å². The number of aliphatic hydroxyl groups excluding tert-OH is 1. The second kappa shape index (κ2) is 12.4. The number of ether oxygens (including phenoxy) is 2. The molecule has 0 fully saturated rings. The van der Waals surface area contributed by atoms with Gasteiger partial charge in [-0.25, -0.2) is 19.2 Å². The van der Waals surface area contributed by atoms with Crippen LogP contribution in [0.4, 0.5) is 8.78 Å². The van der Waals surface area contributed by atoms with Crippen molar-refractivity contribution >= 4 is 11.8 Å². The second-order valence-electron chi connectivity index (χ2n) is 8.78. The molecule has 1 aliphatic heterocycles. The fourth-order valence-electron chi connectivity index (χ4n) is 4.21. The highest BCUT2D eigenvalue weighted by atomic mass is 19.1. The van der Waals surface area contributed by atoms with Crippen LogP contribution in [0.5, 0.6) is 5.75 Å². The SMILES string of the molecule is C=CC[C@]1(C(=O)NNCc2cc(F)cc(F)c2)N=C(c2ccc(OCCCO)cc2)O[C@H]1c1ccccc1. The summed E-state index contributed by atoms with van der Waals surface area (Å²) in [6.07, 6.45) is 1.54. The topological polar surface area (TPSA) is 92.2 Å². The lowest BCUT2D eigenvalue weighted by molar-refractivity contribution is -0.129. The average molecular weight is 522 g/mol. The summed E-state index contributed by atoms with van der Waals surface area (Å²) < 4.78 is 39.0. The molecule has 1 amide bonds. The van der Waals surface area contributed by atoms with Crippen LogP contribution in [0.3, 0.4) is 0 Å². The number of carbonyl (C=O) groups is 1. The van der Waals surface area contributed by atoms with Gasteiger partial charge >= 0.3 is 0 Å². The molecular weight excluding hydrogens is 492 g/mol. The van der Waals surface area contributed by atoms with Crippen LogP contribution in [0.1, 0.15) is 35.6 Å². The maximum atomic E-state index is 13.6. The Bertz CT molecular complexity index is 1260. The molecule has 2 atom stereocenters. The Hall–Kier alpha value is -4.08. The van der Waals surface area contributed by atoms with E-state index in [0.717, 1.165) is 11.6 Å². The normalized spacial score (nSPS) is 18.4. The van der Waals surface area contributed by atoms with Crippen LogP contribution < -0.4 is 15.6 Å². The molecular formula is C29H29F2N3O4. The van der Waals surface area contributed by atoms with Gasteiger partial charge in [-0.1, -0.05) is 36.4 Å². The van der Waals surface area contributed by atoms with Crippen molar-refractivity contribution in [3.8, 4) is 5.75 Å². The summed E-state index contributed by atoms with van der Waals surface area (Å²) in [6, 6.07) is 19.5. The lowest BCUT2D eigenvalue weighted by Gasteiger charge is -2.29. The number of carbonyl (C=O) groups excluding carboxylic acids is 1. The van der Waals surface area contributed by atoms with E-state index in [1.54, 1.807) is 30.3 Å². The van der Waals surface area contributed by atoms with E-state index in [1.165, 1.54) is 12.1 Å². The van der Waals surface area contributed by atoms with Gasteiger partial charge in [-0.15, -0.1) is 6.58 Å². The number of nitrogens with one attached hydrogen (secondary N) is 2. The van der Waals surface area contributed by atoms with E-state index in [0.29, 0.717) is 29.9 Å². The fraction of sp³-hybridized carbons (Fsp3) is 0.241. The molecule has 0 saturated carbocycles. The van der Waals surface area contributed by atoms with Crippen LogP contribution in [0, 0.1) is 11.6 Å². The smallest absolute Gasteiger partial charge is 0.266 e. The predicted molar refractivity (Wildman–Crippen MR) is 139 cm³/mol. The Morgan fingerprint density at radius 2 is 1.82 bits per heavy atom. The maximum absolute atomic E-state index is 13.6. The molecule has 38 heavy (non-hydrogen) atoms. The third kappa shape index (κ3) is 6.24. The summed E-state index contributed by atoms with van der Waals surface area (Å²) in [6.45, 7) is 4.26. The molecule has 9 heteroatoms. The van der Waals surface area contributed by atoms with Crippen LogP contribution in [0.15, 0.2) is 90.4 Å². The van der Waals surface area contributed by atoms with Gasteiger partial charge in [-0.05, 0) is 47.5 Å². The van der Waals surface area contributed by atoms with Gasteiger partial charge < -0.3 is 14.6 Å². The minimum Gasteiger partial charge on any atom is -0.494 e. The van der Waals surface area contributed by atoms with E-state index in [4.69, 9.17) is 19.6 Å². The highest BCUT2D eigenvalue weighted by molar-refractivity contribution is 6.01. The lowest BCUT2D eigenvalue weighted by Crippen LogP contribution is -2.52. The van der Waals surface area contributed by atoms with Crippen LogP contribution in [-0.2, 0) is 16.1 Å². The number of halogens is 2. The molecule has 3 aromatic carbocycles. The lowest BCUT2D eigenvalue weighted by atomic mass is 9.84. The number of aliphatic imine (C=N–C) groups is 1. The molecule has 1 aliphatic rings. The summed E-state index contributed by atoms with van der Waals surface area (Å²) in [4.78, 5) is 18.4. The molecule has 0 radical (unpaired) electrons. The Morgan fingerprint density at radius 3 is 2.47 bits per heavy atom. The molecule has 0 unspecified atom stereocenters. The van der Waals surface area contributed by atoms with E-state index in [1.807, 2.05) is 30.3 Å². The Morgan fingerprint density at radius 1 is 1.11 bits per heavy atom. The molecule has 198 valence electrons. The van der Waals surface area contributed by atoms with Crippen molar-refractivity contribution in [2.45, 2.75) is 31.0 Å². The maximum Gasteiger partial charge on any atom is 0.266 e. The van der Waals surface area contributed by atoms with Gasteiger partial charge in [0.05, 0.1) is 6.61 Å². The largest absolute Gasteiger partial charge is 0.494 e. The summed E-state index contributed by atoms with van der Waals surface area (Å²) in [7, 11) is 0. The number of nitrogens with zero attached hydrogens (tertiary/aromatic N) is 1. The van der Waals surface area contributed by atoms with E-state index in [-0.39, 0.29) is 25.5 Å². The quantitative estimate of drug-likeness (QED) is 0.187. The average Bonchev–Trinajstić information content (AvgIpc) is 3.30. The molecule has 7 nitrogen and oxygen atoms in total. The van der Waals surface area contributed by atoms with Gasteiger partial charge in [0, 0.05) is 37.6 Å². The van der Waals surface area contributed by atoms with Gasteiger partial charge in [0.15, 0.2) is 11.6 Å². The first-order valence-corrected chi connectivity index (χ1v) is 12.2. The van der Waals surface area contributed by atoms with Gasteiger partial charge in [-0.2, -0.15) is 0 Å². The molecule has 3 aromatic rings. The number of hydrazine groups is 1. The molecule has 0 saturated heterocycles. The third-order valence-corrected chi connectivity index (χ3v) is 6.00. The Balaban J connectivity index is 1.59. The summed E-state index contributed by atoms with van der Waals surface area (Å²) in [5.41, 5.74) is 5.72. The molecule has 0 bridgehead atoms. The van der Waals surface area contributed by atoms with Crippen molar-refractivity contribution in [3.63, 3.8) is 0 Å². The molecule has 0 spiro atoms. The van der Waals surface area contributed by atoms with Crippen molar-refractivity contribution in [2.75, 3.05) is 13.2 Å². The highest BCUT2D eigenvalue weighted by Crippen LogP contribution is 2.42. The first-order chi connectivity index (χ1) is 18.4. The Kier molecular flexibility index (Phi) is 8.83. The Labute approximate surface area is 219 Å². The summed E-state index contributed by atoms with van der Waals surface area (Å²) in [5, 5.41) is 8.94. The molecule has 0 aromatic heterocycles. The first-order valence-electron chi connectivity index (χ1n) is 12.2. The summed E-state index contributed by atoms with van der Waals surface area (Å²) >= 11 is 0. The highest BCUT2D eigenvalue weighted by Gasteiger charge is 2.52. The van der Waals surface area contributed by atoms with E-state index >= 15 is 0 Å². The molecule has 1 heterocycles. The minimum atomic E-state index is -1.39. The molecule has 3 N–H and O–H groups in total. The number of amides is 1. The van der Waals surface area contributed by atoms with Crippen molar-refractivity contribution in [3.05, 3.63) is 114 Å². The number of aliphatic hydroxyl groups is 1. The minimum absolute atomic E-state index is 0.00420. The van der Waals surface area contributed by atoms with Crippen molar-refractivity contribution < 1.29 is 28.2 Å². The van der Waals surface area contributed by atoms with Crippen LogP contribution in [0.2, 0.25) is 0 Å². The monoisotopic (exact) mass is 521 g/mol. The zero-order valence-corrected chi connectivity index (χ0v) is 20.7. The number of hydrogen-bond acceptors (Lipinski definition) is 6. The first kappa shape index (κ1) is 27.0. The van der Waals surface area contributed by atoms with Crippen molar-refractivity contribution in [1.29, 1.82) is 0 Å². The predicted octanol–water partition coefficient (Wildman–Crippen LogP) is 4.38. The van der Waals surface area contributed by atoms with Gasteiger partial charge in [-0.3, -0.25) is 10.2 Å². The number of rotatable bonds is 12. The van der Waals surface area contributed by atoms with Gasteiger partial charge in [0.2, 0.25) is 5.90 Å². The number of hydrogen-bond donors (Lipinski definition) is 3. The summed E-state index contributed by atoms with van der Waals surface area (Å²) in [5.74, 6) is -0.979. The standard InChI is InChI=1S/C29H29F2N3O4/c1-2-13-29(28(36)34-32-19-20-16-23(30)18-24(31)17-20)26(21-7-4-3-5-8-21)38-27(33-29)22-9-11-25(12-10-22)37-15-6-14-35/h2-5,7-12,16-18,26,32,35H,1,6,13-15,19H2,(H,34,36)/t26-,29-/m0/s1. The van der Waals surface area contributed by atoms with E-state index in [9.17, 15) is 13.6 Å². The second-order valence-corrected chi connectivity index (χ2v) is 8.78.